The zero-order chi connectivity index (χ0) is 17.9. The monoisotopic (exact) mass is 385 g/mol. The van der Waals surface area contributed by atoms with Gasteiger partial charge in [0.15, 0.2) is 5.16 Å². The van der Waals surface area contributed by atoms with Crippen molar-refractivity contribution in [3.05, 3.63) is 42.1 Å². The minimum atomic E-state index is -2.96. The van der Waals surface area contributed by atoms with E-state index in [1.54, 1.807) is 25.6 Å². The summed E-state index contributed by atoms with van der Waals surface area (Å²) in [6.45, 7) is 3.06. The number of aromatic nitrogens is 3. The predicted molar refractivity (Wildman–Crippen MR) is 106 cm³/mol. The van der Waals surface area contributed by atoms with E-state index in [2.05, 4.69) is 15.0 Å². The first-order valence-corrected chi connectivity index (χ1v) is 10.3. The summed E-state index contributed by atoms with van der Waals surface area (Å²) in [5, 5.41) is 0.983. The summed E-state index contributed by atoms with van der Waals surface area (Å²) in [6.07, 6.45) is 4.11. The average Bonchev–Trinajstić information content (AvgIpc) is 3.05. The number of imidazole rings is 1. The van der Waals surface area contributed by atoms with Gasteiger partial charge in [-0.15, -0.1) is 0 Å². The average molecular weight is 385 g/mol. The van der Waals surface area contributed by atoms with Crippen molar-refractivity contribution in [3.63, 3.8) is 0 Å². The third kappa shape index (κ3) is 4.35. The predicted octanol–water partition coefficient (Wildman–Crippen LogP) is 2.10. The van der Waals surface area contributed by atoms with E-state index < -0.39 is 9.93 Å². The van der Waals surface area contributed by atoms with E-state index in [1.807, 2.05) is 31.2 Å². The maximum absolute atomic E-state index is 13.5. The number of para-hydroxylation sites is 2. The van der Waals surface area contributed by atoms with Crippen molar-refractivity contribution < 1.29 is 13.7 Å². The number of rotatable bonds is 7. The van der Waals surface area contributed by atoms with Gasteiger partial charge in [0.1, 0.15) is 10.8 Å². The van der Waals surface area contributed by atoms with E-state index in [9.17, 15) is 4.21 Å². The summed E-state index contributed by atoms with van der Waals surface area (Å²) < 4.78 is 24.3. The number of hydrogen-bond donors (Lipinski definition) is 2. The number of nitrogens with zero attached hydrogens (tertiary/aromatic N) is 2. The number of aromatic amines is 1. The standard InChI is InChI=1S/C18H23N3O3S.Na.H/c1-13-16(24-12-6-11-23-2)9-10-19-17(13)25(3,22)18-20-14-7-4-5-8-15(14)21-18;;/h4-5,7-10,25H,6,11-12H2,1-3H3,(H,20,21);;. The van der Waals surface area contributed by atoms with Crippen molar-refractivity contribution in [2.45, 2.75) is 23.5 Å². The Morgan fingerprint density at radius 2 is 1.96 bits per heavy atom. The Bertz CT molecular complexity index is 896. The van der Waals surface area contributed by atoms with Crippen LogP contribution in [0.15, 0.2) is 46.7 Å². The van der Waals surface area contributed by atoms with Gasteiger partial charge in [0.05, 0.1) is 17.6 Å². The Balaban J connectivity index is 0.00000243. The molecule has 0 radical (unpaired) electrons. The molecule has 3 rings (SSSR count). The van der Waals surface area contributed by atoms with Gasteiger partial charge in [0, 0.05) is 38.2 Å². The second-order valence-corrected chi connectivity index (χ2v) is 8.65. The topological polar surface area (TPSA) is 77.1 Å². The van der Waals surface area contributed by atoms with Crippen molar-refractivity contribution in [1.82, 2.24) is 15.0 Å². The molecule has 8 heteroatoms. The SMILES string of the molecule is COCCCOc1ccnc([SH](C)(=O)c2nc3ccccc3[nH]2)c1C.[NaH]. The summed E-state index contributed by atoms with van der Waals surface area (Å²) >= 11 is 0. The number of methoxy groups -OCH3 is 1. The van der Waals surface area contributed by atoms with Crippen molar-refractivity contribution in [3.8, 4) is 5.75 Å². The van der Waals surface area contributed by atoms with Gasteiger partial charge in [-0.3, -0.25) is 4.21 Å². The molecule has 0 aliphatic heterocycles. The van der Waals surface area contributed by atoms with Gasteiger partial charge >= 0.3 is 29.6 Å². The van der Waals surface area contributed by atoms with Gasteiger partial charge in [-0.2, -0.15) is 0 Å². The molecule has 0 spiro atoms. The van der Waals surface area contributed by atoms with Gasteiger partial charge < -0.3 is 14.5 Å². The molecule has 6 nitrogen and oxygen atoms in total. The van der Waals surface area contributed by atoms with Crippen LogP contribution in [-0.2, 0) is 14.7 Å². The van der Waals surface area contributed by atoms with Crippen molar-refractivity contribution in [2.24, 2.45) is 0 Å². The number of H-pyrrole nitrogens is 1. The first-order chi connectivity index (χ1) is 12.0. The van der Waals surface area contributed by atoms with Gasteiger partial charge in [-0.05, 0) is 35.1 Å². The number of fused-ring (bicyclic) bond motifs is 1. The first-order valence-electron chi connectivity index (χ1n) is 8.15. The molecule has 1 N–H and O–H groups in total. The van der Waals surface area contributed by atoms with Crippen LogP contribution in [0.25, 0.3) is 11.0 Å². The van der Waals surface area contributed by atoms with Crippen LogP contribution >= 0.6 is 0 Å². The zero-order valence-corrected chi connectivity index (χ0v) is 15.5. The summed E-state index contributed by atoms with van der Waals surface area (Å²) in [5.41, 5.74) is 2.44. The number of thiol groups is 1. The molecule has 136 valence electrons. The van der Waals surface area contributed by atoms with E-state index >= 15 is 0 Å². The van der Waals surface area contributed by atoms with Gasteiger partial charge in [-0.1, -0.05) is 12.1 Å². The van der Waals surface area contributed by atoms with Crippen LogP contribution in [0.2, 0.25) is 0 Å². The molecule has 0 bridgehead atoms. The normalized spacial score (nSPS) is 12.0. The van der Waals surface area contributed by atoms with Gasteiger partial charge in [0.25, 0.3) is 0 Å². The Kier molecular flexibility index (Phi) is 7.37. The molecule has 2 heterocycles. The van der Waals surface area contributed by atoms with Gasteiger partial charge in [-0.25, -0.2) is 9.97 Å². The summed E-state index contributed by atoms with van der Waals surface area (Å²) in [5.74, 6) is 0.694. The van der Waals surface area contributed by atoms with E-state index in [0.29, 0.717) is 29.1 Å². The van der Waals surface area contributed by atoms with Crippen LogP contribution in [0, 0.1) is 6.92 Å². The minimum absolute atomic E-state index is 0. The molecule has 3 aromatic rings. The van der Waals surface area contributed by atoms with E-state index in [-0.39, 0.29) is 29.6 Å². The summed E-state index contributed by atoms with van der Waals surface area (Å²) in [4.78, 5) is 12.0. The summed E-state index contributed by atoms with van der Waals surface area (Å²) in [6, 6.07) is 9.44. The fourth-order valence-electron chi connectivity index (χ4n) is 2.72. The second kappa shape index (κ2) is 9.10. The molecule has 2 aromatic heterocycles. The van der Waals surface area contributed by atoms with Crippen LogP contribution < -0.4 is 4.74 Å². The zero-order valence-electron chi connectivity index (χ0n) is 14.7. The van der Waals surface area contributed by atoms with Crippen molar-refractivity contribution in [1.29, 1.82) is 0 Å². The van der Waals surface area contributed by atoms with Crippen LogP contribution in [0.4, 0.5) is 0 Å². The van der Waals surface area contributed by atoms with Crippen LogP contribution in [0.5, 0.6) is 5.75 Å². The number of pyridine rings is 1. The molecule has 1 aromatic carbocycles. The Morgan fingerprint density at radius 1 is 1.19 bits per heavy atom. The third-order valence-electron chi connectivity index (χ3n) is 4.06. The molecule has 0 aliphatic rings. The fraction of sp³-hybridized carbons (Fsp3) is 0.333. The number of hydrogen-bond acceptors (Lipinski definition) is 5. The fourth-order valence-corrected chi connectivity index (χ4v) is 4.59. The maximum atomic E-state index is 13.5. The third-order valence-corrected chi connectivity index (χ3v) is 6.34. The van der Waals surface area contributed by atoms with Crippen molar-refractivity contribution in [2.75, 3.05) is 26.6 Å². The van der Waals surface area contributed by atoms with Crippen molar-refractivity contribution >= 4 is 50.5 Å². The Morgan fingerprint density at radius 3 is 2.69 bits per heavy atom. The van der Waals surface area contributed by atoms with Crippen LogP contribution in [0.3, 0.4) is 0 Å². The second-order valence-electron chi connectivity index (χ2n) is 5.95. The first kappa shape index (κ1) is 21.1. The molecular weight excluding hydrogens is 361 g/mol. The Labute approximate surface area is 176 Å². The molecule has 0 amide bonds. The Hall–Kier alpha value is -1.25. The molecule has 0 unspecified atom stereocenters. The summed E-state index contributed by atoms with van der Waals surface area (Å²) in [7, 11) is -1.30. The van der Waals surface area contributed by atoms with Crippen LogP contribution in [-0.4, -0.2) is 75.3 Å². The quantitative estimate of drug-likeness (QED) is 0.370. The van der Waals surface area contributed by atoms with E-state index in [1.165, 1.54) is 0 Å². The molecule has 0 aliphatic carbocycles. The molecule has 0 saturated heterocycles. The number of ether oxygens (including phenoxy) is 2. The molecule has 26 heavy (non-hydrogen) atoms. The molecule has 0 saturated carbocycles. The van der Waals surface area contributed by atoms with E-state index in [4.69, 9.17) is 9.47 Å². The molecule has 0 fully saturated rings. The van der Waals surface area contributed by atoms with Gasteiger partial charge in [0.2, 0.25) is 0 Å². The molecular formula is C18H24N3NaO3S. The number of nitrogens with one attached hydrogen (secondary N) is 1. The number of benzene rings is 1. The van der Waals surface area contributed by atoms with E-state index in [0.717, 1.165) is 23.0 Å². The molecule has 0 atom stereocenters. The van der Waals surface area contributed by atoms with Crippen LogP contribution in [0.1, 0.15) is 12.0 Å².